The van der Waals surface area contributed by atoms with Crippen LogP contribution in [0.1, 0.15) is 107 Å². The van der Waals surface area contributed by atoms with E-state index < -0.39 is 23.3 Å². The molecule has 0 saturated heterocycles. The van der Waals surface area contributed by atoms with Crippen molar-refractivity contribution >= 4 is 11.6 Å². The molecule has 3 aromatic rings. The third-order valence-electron chi connectivity index (χ3n) is 12.4. The maximum Gasteiger partial charge on any atom is 0.239 e. The van der Waals surface area contributed by atoms with Gasteiger partial charge in [-0.1, -0.05) is 55.3 Å². The average Bonchev–Trinajstić information content (AvgIpc) is 3.23. The number of hydrogen-bond donors (Lipinski definition) is 2. The molecule has 3 aromatic carbocycles. The number of oxime groups is 1. The highest BCUT2D eigenvalue weighted by Crippen LogP contribution is 2.62. The minimum absolute atomic E-state index is 0.0505. The lowest BCUT2D eigenvalue weighted by Crippen LogP contribution is -2.70. The Morgan fingerprint density at radius 2 is 1.70 bits per heavy atom. The molecule has 3 aliphatic rings. The van der Waals surface area contributed by atoms with Gasteiger partial charge in [-0.25, -0.2) is 0 Å². The summed E-state index contributed by atoms with van der Waals surface area (Å²) < 4.78 is 26.7. The number of rotatable bonds is 20. The van der Waals surface area contributed by atoms with Gasteiger partial charge in [0, 0.05) is 37.7 Å². The summed E-state index contributed by atoms with van der Waals surface area (Å²) in [6.07, 6.45) is 10.1. The minimum Gasteiger partial charge on any atom is -0.497 e. The van der Waals surface area contributed by atoms with Crippen LogP contribution in [0.25, 0.3) is 0 Å². The first-order chi connectivity index (χ1) is 29.4. The van der Waals surface area contributed by atoms with E-state index in [1.165, 1.54) is 5.56 Å². The van der Waals surface area contributed by atoms with Gasteiger partial charge < -0.3 is 38.9 Å². The van der Waals surface area contributed by atoms with Gasteiger partial charge in [-0.3, -0.25) is 4.79 Å². The molecule has 1 amide bonds. The molecule has 10 nitrogen and oxygen atoms in total. The standard InChI is InChI=1S/C51H68N2O8/c1-9-24-53(47(56)30-36-16-15-18-38(29-36)57-8)46-33-44(52-61-50(5,6)7)42-31-37(17-11-13-25-54)41(19-12-14-26-55)48-43-32-40(59-39-21-20-34(3)35(4)28-39)22-23-45(43)60-51(46,49(42)48)58-27-10-2/h10,15-16,18,20-23,28-29,31-32,37,41,46,48-49,54-55H,2,9,11-14,17,19,24-27,30,33H2,1,3-8H3. The lowest BCUT2D eigenvalue weighted by Gasteiger charge is -2.60. The van der Waals surface area contributed by atoms with Crippen LogP contribution in [0, 0.1) is 31.6 Å². The fourth-order valence-electron chi connectivity index (χ4n) is 9.57. The Balaban J connectivity index is 1.59. The number of unbranched alkanes of at least 4 members (excludes halogenated alkanes) is 2. The van der Waals surface area contributed by atoms with Crippen molar-refractivity contribution in [2.45, 2.75) is 123 Å². The minimum atomic E-state index is -1.33. The third kappa shape index (κ3) is 10.5. The van der Waals surface area contributed by atoms with E-state index in [1.807, 2.05) is 68.1 Å². The van der Waals surface area contributed by atoms with Crippen LogP contribution < -0.4 is 14.2 Å². The van der Waals surface area contributed by atoms with Crippen LogP contribution in [-0.4, -0.2) is 77.6 Å². The van der Waals surface area contributed by atoms with Crippen LogP contribution in [0.5, 0.6) is 23.0 Å². The molecule has 6 unspecified atom stereocenters. The monoisotopic (exact) mass is 836 g/mol. The second-order valence-corrected chi connectivity index (χ2v) is 17.9. The Morgan fingerprint density at radius 1 is 0.967 bits per heavy atom. The number of allylic oxidation sites excluding steroid dienone is 1. The molecule has 2 aliphatic carbocycles. The quantitative estimate of drug-likeness (QED) is 0.0656. The number of aryl methyl sites for hydroxylation is 2. The number of ether oxygens (including phenoxy) is 4. The summed E-state index contributed by atoms with van der Waals surface area (Å²) in [5.41, 5.74) is 5.42. The SMILES string of the molecule is C=CCOC12Oc3ccc(Oc4ccc(C)c(C)c4)cc3C3C(CCCCO)C(CCCCO)C=C(C(=NOC(C)(C)C)CC1N(CCC)C(=O)Cc1cccc(OC)c1)C32. The fraction of sp³-hybridized carbons (Fsp3) is 0.529. The van der Waals surface area contributed by atoms with Crippen LogP contribution >= 0.6 is 0 Å². The highest BCUT2D eigenvalue weighted by molar-refractivity contribution is 6.03. The Bertz CT molecular complexity index is 2040. The number of aliphatic hydroxyl groups is 2. The van der Waals surface area contributed by atoms with E-state index in [2.05, 4.69) is 51.6 Å². The summed E-state index contributed by atoms with van der Waals surface area (Å²) in [6, 6.07) is 19.3. The molecule has 330 valence electrons. The number of amides is 1. The highest BCUT2D eigenvalue weighted by atomic mass is 16.7. The topological polar surface area (TPSA) is 119 Å². The van der Waals surface area contributed by atoms with Crippen molar-refractivity contribution in [3.8, 4) is 23.0 Å². The van der Waals surface area contributed by atoms with Crippen molar-refractivity contribution in [2.24, 2.45) is 22.9 Å². The zero-order valence-electron chi connectivity index (χ0n) is 37.5. The van der Waals surface area contributed by atoms with Gasteiger partial charge in [-0.15, -0.1) is 6.58 Å². The highest BCUT2D eigenvalue weighted by Gasteiger charge is 2.65. The normalized spacial score (nSPS) is 23.6. The molecule has 6 rings (SSSR count). The van der Waals surface area contributed by atoms with Gasteiger partial charge in [0.15, 0.2) is 0 Å². The molecule has 1 heterocycles. The molecule has 1 saturated carbocycles. The summed E-state index contributed by atoms with van der Waals surface area (Å²) >= 11 is 0. The average molecular weight is 837 g/mol. The van der Waals surface area contributed by atoms with Crippen molar-refractivity contribution in [2.75, 3.05) is 33.5 Å². The molecule has 10 heteroatoms. The molecular formula is C51H68N2O8. The first-order valence-corrected chi connectivity index (χ1v) is 22.3. The number of hydrogen-bond acceptors (Lipinski definition) is 9. The predicted octanol–water partition coefficient (Wildman–Crippen LogP) is 10.0. The summed E-state index contributed by atoms with van der Waals surface area (Å²) in [5.74, 6) is 1.10. The van der Waals surface area contributed by atoms with Crippen molar-refractivity contribution in [1.29, 1.82) is 0 Å². The number of aliphatic hydroxyl groups excluding tert-OH is 2. The Morgan fingerprint density at radius 3 is 2.39 bits per heavy atom. The fourth-order valence-corrected chi connectivity index (χ4v) is 9.57. The first kappa shape index (κ1) is 45.9. The van der Waals surface area contributed by atoms with Crippen LogP contribution in [0.3, 0.4) is 0 Å². The van der Waals surface area contributed by atoms with Crippen LogP contribution in [0.2, 0.25) is 0 Å². The van der Waals surface area contributed by atoms with Crippen molar-refractivity contribution in [1.82, 2.24) is 4.90 Å². The van der Waals surface area contributed by atoms with E-state index in [9.17, 15) is 15.0 Å². The smallest absolute Gasteiger partial charge is 0.239 e. The lowest BCUT2D eigenvalue weighted by atomic mass is 9.55. The van der Waals surface area contributed by atoms with Gasteiger partial charge in [0.2, 0.25) is 11.7 Å². The molecule has 61 heavy (non-hydrogen) atoms. The summed E-state index contributed by atoms with van der Waals surface area (Å²) in [7, 11) is 1.63. The number of fused-ring (bicyclic) bond motifs is 2. The lowest BCUT2D eigenvalue weighted by molar-refractivity contribution is -0.257. The number of carbonyl (C=O) groups is 1. The molecule has 1 aliphatic heterocycles. The summed E-state index contributed by atoms with van der Waals surface area (Å²) in [4.78, 5) is 23.2. The Kier molecular flexibility index (Phi) is 15.4. The molecule has 0 radical (unpaired) electrons. The molecular weight excluding hydrogens is 769 g/mol. The predicted molar refractivity (Wildman–Crippen MR) is 240 cm³/mol. The van der Waals surface area contributed by atoms with Gasteiger partial charge in [-0.2, -0.15) is 0 Å². The molecule has 0 bridgehead atoms. The second-order valence-electron chi connectivity index (χ2n) is 17.9. The van der Waals surface area contributed by atoms with Gasteiger partial charge in [-0.05, 0) is 143 Å². The van der Waals surface area contributed by atoms with Crippen molar-refractivity contribution in [3.63, 3.8) is 0 Å². The van der Waals surface area contributed by atoms with Crippen molar-refractivity contribution in [3.05, 3.63) is 107 Å². The van der Waals surface area contributed by atoms with E-state index in [4.69, 9.17) is 28.9 Å². The Hall–Kier alpha value is -4.64. The van der Waals surface area contributed by atoms with E-state index in [-0.39, 0.29) is 49.9 Å². The maximum absolute atomic E-state index is 14.9. The second kappa shape index (κ2) is 20.5. The number of carbonyl (C=O) groups excluding carboxylic acids is 1. The van der Waals surface area contributed by atoms with Crippen LogP contribution in [-0.2, 0) is 20.8 Å². The molecule has 0 spiro atoms. The summed E-state index contributed by atoms with van der Waals surface area (Å²) in [6.45, 7) is 17.2. The maximum atomic E-state index is 14.9. The number of methoxy groups -OCH3 is 1. The molecule has 1 fully saturated rings. The van der Waals surface area contributed by atoms with Gasteiger partial charge in [0.25, 0.3) is 0 Å². The van der Waals surface area contributed by atoms with Gasteiger partial charge >= 0.3 is 0 Å². The number of nitrogens with zero attached hydrogens (tertiary/aromatic N) is 2. The number of benzene rings is 3. The van der Waals surface area contributed by atoms with E-state index in [1.54, 1.807) is 13.2 Å². The molecule has 2 N–H and O–H groups in total. The van der Waals surface area contributed by atoms with Crippen LogP contribution in [0.4, 0.5) is 0 Å². The summed E-state index contributed by atoms with van der Waals surface area (Å²) in [5, 5.41) is 24.9. The first-order valence-electron chi connectivity index (χ1n) is 22.3. The van der Waals surface area contributed by atoms with Crippen molar-refractivity contribution < 1.29 is 38.8 Å². The zero-order chi connectivity index (χ0) is 43.7. The molecule has 6 atom stereocenters. The van der Waals surface area contributed by atoms with Gasteiger partial charge in [0.1, 0.15) is 34.6 Å². The largest absolute Gasteiger partial charge is 0.497 e. The van der Waals surface area contributed by atoms with Gasteiger partial charge in [0.05, 0.1) is 31.8 Å². The van der Waals surface area contributed by atoms with E-state index in [0.717, 1.165) is 59.4 Å². The third-order valence-corrected chi connectivity index (χ3v) is 12.4. The Labute approximate surface area is 363 Å². The van der Waals surface area contributed by atoms with Crippen LogP contribution in [0.15, 0.2) is 90.1 Å². The molecule has 0 aromatic heterocycles. The van der Waals surface area contributed by atoms with E-state index >= 15 is 0 Å². The van der Waals surface area contributed by atoms with E-state index in [0.29, 0.717) is 49.5 Å². The zero-order valence-corrected chi connectivity index (χ0v) is 37.5.